The second-order valence-corrected chi connectivity index (χ2v) is 5.94. The van der Waals surface area contributed by atoms with E-state index in [1.807, 2.05) is 0 Å². The number of anilines is 1. The SMILES string of the molecule is CN1CCCC2CN(c3nnccc3/C(N)=N/O)CCC21. The summed E-state index contributed by atoms with van der Waals surface area (Å²) in [6.07, 6.45) is 5.19. The molecule has 0 bridgehead atoms. The van der Waals surface area contributed by atoms with E-state index in [0.717, 1.165) is 25.3 Å². The average Bonchev–Trinajstić information content (AvgIpc) is 2.54. The van der Waals surface area contributed by atoms with Crippen LogP contribution in [0.1, 0.15) is 24.8 Å². The molecule has 114 valence electrons. The van der Waals surface area contributed by atoms with Crippen LogP contribution in [-0.4, -0.2) is 58.9 Å². The number of likely N-dealkylation sites (tertiary alicyclic amines) is 1. The predicted molar refractivity (Wildman–Crippen MR) is 80.5 cm³/mol. The molecular formula is C14H22N6O. The highest BCUT2D eigenvalue weighted by Gasteiger charge is 2.35. The maximum absolute atomic E-state index is 8.92. The fourth-order valence-electron chi connectivity index (χ4n) is 3.66. The quantitative estimate of drug-likeness (QED) is 0.356. The molecule has 3 N–H and O–H groups in total. The van der Waals surface area contributed by atoms with Crippen LogP contribution in [0.5, 0.6) is 0 Å². The van der Waals surface area contributed by atoms with Gasteiger partial charge < -0.3 is 20.7 Å². The predicted octanol–water partition coefficient (Wildman–Crippen LogP) is 0.492. The van der Waals surface area contributed by atoms with Crippen LogP contribution in [0, 0.1) is 5.92 Å². The van der Waals surface area contributed by atoms with E-state index in [4.69, 9.17) is 10.9 Å². The van der Waals surface area contributed by atoms with Gasteiger partial charge in [0.05, 0.1) is 11.8 Å². The summed E-state index contributed by atoms with van der Waals surface area (Å²) in [5, 5.41) is 20.2. The molecule has 0 aromatic carbocycles. The first-order valence-corrected chi connectivity index (χ1v) is 7.45. The van der Waals surface area contributed by atoms with Crippen LogP contribution < -0.4 is 10.6 Å². The summed E-state index contributed by atoms with van der Waals surface area (Å²) in [5.41, 5.74) is 6.40. The standard InChI is InChI=1S/C14H22N6O/c1-19-7-2-3-10-9-20(8-5-12(10)19)14-11(13(15)18-21)4-6-16-17-14/h4,6,10,12,21H,2-3,5,7-9H2,1H3,(H2,15,18). The molecule has 2 atom stereocenters. The summed E-state index contributed by atoms with van der Waals surface area (Å²) in [7, 11) is 2.22. The zero-order chi connectivity index (χ0) is 14.8. The number of fused-ring (bicyclic) bond motifs is 1. The Morgan fingerprint density at radius 2 is 2.29 bits per heavy atom. The van der Waals surface area contributed by atoms with Gasteiger partial charge in [-0.2, -0.15) is 5.10 Å². The number of oxime groups is 1. The first-order chi connectivity index (χ1) is 10.2. The Kier molecular flexibility index (Phi) is 3.92. The van der Waals surface area contributed by atoms with Crippen molar-refractivity contribution >= 4 is 11.7 Å². The van der Waals surface area contributed by atoms with Crippen molar-refractivity contribution in [1.82, 2.24) is 15.1 Å². The molecule has 0 radical (unpaired) electrons. The smallest absolute Gasteiger partial charge is 0.173 e. The molecule has 7 heteroatoms. The van der Waals surface area contributed by atoms with Gasteiger partial charge in [-0.15, -0.1) is 5.10 Å². The van der Waals surface area contributed by atoms with E-state index in [9.17, 15) is 0 Å². The van der Waals surface area contributed by atoms with Crippen LogP contribution in [0.2, 0.25) is 0 Å². The fourth-order valence-corrected chi connectivity index (χ4v) is 3.66. The number of amidine groups is 1. The Balaban J connectivity index is 1.83. The lowest BCUT2D eigenvalue weighted by Crippen LogP contribution is -2.53. The lowest BCUT2D eigenvalue weighted by Gasteiger charge is -2.46. The molecule has 2 aliphatic rings. The van der Waals surface area contributed by atoms with Crippen LogP contribution in [0.4, 0.5) is 5.82 Å². The molecule has 2 fully saturated rings. The van der Waals surface area contributed by atoms with Crippen molar-refractivity contribution in [3.8, 4) is 0 Å². The Morgan fingerprint density at radius 1 is 1.43 bits per heavy atom. The van der Waals surface area contributed by atoms with Crippen molar-refractivity contribution in [2.75, 3.05) is 31.6 Å². The molecule has 0 saturated carbocycles. The minimum Gasteiger partial charge on any atom is -0.409 e. The van der Waals surface area contributed by atoms with Crippen molar-refractivity contribution in [3.63, 3.8) is 0 Å². The van der Waals surface area contributed by atoms with E-state index in [1.54, 1.807) is 12.3 Å². The Labute approximate surface area is 124 Å². The number of aromatic nitrogens is 2. The normalized spacial score (nSPS) is 27.5. The highest BCUT2D eigenvalue weighted by Crippen LogP contribution is 2.32. The average molecular weight is 290 g/mol. The minimum atomic E-state index is 0.0859. The van der Waals surface area contributed by atoms with Crippen molar-refractivity contribution in [1.29, 1.82) is 0 Å². The Bertz CT molecular complexity index is 534. The van der Waals surface area contributed by atoms with E-state index >= 15 is 0 Å². The third kappa shape index (κ3) is 2.65. The van der Waals surface area contributed by atoms with E-state index in [0.29, 0.717) is 17.5 Å². The monoisotopic (exact) mass is 290 g/mol. The summed E-state index contributed by atoms with van der Waals surface area (Å²) < 4.78 is 0. The second kappa shape index (κ2) is 5.85. The minimum absolute atomic E-state index is 0.0859. The number of piperidine rings is 2. The van der Waals surface area contributed by atoms with Crippen molar-refractivity contribution in [2.24, 2.45) is 16.8 Å². The molecule has 3 rings (SSSR count). The number of hydrogen-bond acceptors (Lipinski definition) is 6. The van der Waals surface area contributed by atoms with Crippen LogP contribution in [0.25, 0.3) is 0 Å². The second-order valence-electron chi connectivity index (χ2n) is 5.94. The van der Waals surface area contributed by atoms with Gasteiger partial charge in [0, 0.05) is 19.1 Å². The van der Waals surface area contributed by atoms with E-state index in [2.05, 4.69) is 32.2 Å². The van der Waals surface area contributed by atoms with E-state index in [-0.39, 0.29) is 5.84 Å². The summed E-state index contributed by atoms with van der Waals surface area (Å²) >= 11 is 0. The molecular weight excluding hydrogens is 268 g/mol. The molecule has 2 unspecified atom stereocenters. The summed E-state index contributed by atoms with van der Waals surface area (Å²) in [5.74, 6) is 1.46. The van der Waals surface area contributed by atoms with Gasteiger partial charge in [0.15, 0.2) is 11.7 Å². The number of hydrogen-bond donors (Lipinski definition) is 2. The molecule has 1 aromatic rings. The molecule has 3 heterocycles. The van der Waals surface area contributed by atoms with Gasteiger partial charge in [-0.3, -0.25) is 0 Å². The first-order valence-electron chi connectivity index (χ1n) is 7.45. The number of nitrogens with two attached hydrogens (primary N) is 1. The van der Waals surface area contributed by atoms with Gasteiger partial charge >= 0.3 is 0 Å². The summed E-state index contributed by atoms with van der Waals surface area (Å²) in [6, 6.07) is 2.41. The maximum Gasteiger partial charge on any atom is 0.173 e. The van der Waals surface area contributed by atoms with Crippen molar-refractivity contribution < 1.29 is 5.21 Å². The van der Waals surface area contributed by atoms with Crippen LogP contribution in [-0.2, 0) is 0 Å². The third-order valence-corrected chi connectivity index (χ3v) is 4.73. The zero-order valence-electron chi connectivity index (χ0n) is 12.3. The Morgan fingerprint density at radius 3 is 3.10 bits per heavy atom. The Hall–Kier alpha value is -1.89. The van der Waals surface area contributed by atoms with Gasteiger partial charge in [-0.05, 0) is 44.8 Å². The van der Waals surface area contributed by atoms with E-state index < -0.39 is 0 Å². The fraction of sp³-hybridized carbons (Fsp3) is 0.643. The van der Waals surface area contributed by atoms with Gasteiger partial charge in [0.1, 0.15) is 0 Å². The lowest BCUT2D eigenvalue weighted by molar-refractivity contribution is 0.102. The van der Waals surface area contributed by atoms with Crippen LogP contribution in [0.15, 0.2) is 17.4 Å². The molecule has 21 heavy (non-hydrogen) atoms. The van der Waals surface area contributed by atoms with Gasteiger partial charge in [0.25, 0.3) is 0 Å². The number of nitrogens with zero attached hydrogens (tertiary/aromatic N) is 5. The summed E-state index contributed by atoms with van der Waals surface area (Å²) in [6.45, 7) is 3.08. The van der Waals surface area contributed by atoms with Crippen molar-refractivity contribution in [2.45, 2.75) is 25.3 Å². The van der Waals surface area contributed by atoms with Crippen LogP contribution >= 0.6 is 0 Å². The zero-order valence-corrected chi connectivity index (χ0v) is 12.3. The van der Waals surface area contributed by atoms with Gasteiger partial charge in [0.2, 0.25) is 0 Å². The van der Waals surface area contributed by atoms with Gasteiger partial charge in [-0.1, -0.05) is 5.16 Å². The van der Waals surface area contributed by atoms with Crippen molar-refractivity contribution in [3.05, 3.63) is 17.8 Å². The molecule has 7 nitrogen and oxygen atoms in total. The van der Waals surface area contributed by atoms with Gasteiger partial charge in [-0.25, -0.2) is 0 Å². The van der Waals surface area contributed by atoms with Crippen LogP contribution in [0.3, 0.4) is 0 Å². The topological polar surface area (TPSA) is 90.9 Å². The number of rotatable bonds is 2. The third-order valence-electron chi connectivity index (χ3n) is 4.73. The largest absolute Gasteiger partial charge is 0.409 e. The molecule has 1 aromatic heterocycles. The molecule has 0 amide bonds. The highest BCUT2D eigenvalue weighted by molar-refractivity contribution is 6.01. The molecule has 2 aliphatic heterocycles. The molecule has 2 saturated heterocycles. The highest BCUT2D eigenvalue weighted by atomic mass is 16.4. The summed E-state index contributed by atoms with van der Waals surface area (Å²) in [4.78, 5) is 4.70. The first kappa shape index (κ1) is 14.1. The molecule has 0 aliphatic carbocycles. The maximum atomic E-state index is 8.92. The van der Waals surface area contributed by atoms with E-state index in [1.165, 1.54) is 19.4 Å². The lowest BCUT2D eigenvalue weighted by atomic mass is 9.84. The molecule has 0 spiro atoms.